The summed E-state index contributed by atoms with van der Waals surface area (Å²) < 4.78 is 5.41. The van der Waals surface area contributed by atoms with E-state index in [1.54, 1.807) is 24.3 Å². The summed E-state index contributed by atoms with van der Waals surface area (Å²) in [4.78, 5) is 22.9. The Kier molecular flexibility index (Phi) is 3.73. The fraction of sp³-hybridized carbons (Fsp3) is 0.357. The fourth-order valence-electron chi connectivity index (χ4n) is 2.08. The molecule has 1 aliphatic carbocycles. The molecule has 0 radical (unpaired) electrons. The van der Waals surface area contributed by atoms with E-state index in [4.69, 9.17) is 10.00 Å². The molecule has 0 unspecified atom stereocenters. The first-order valence-corrected chi connectivity index (χ1v) is 5.89. The Morgan fingerprint density at radius 2 is 2.22 bits per heavy atom. The average molecular weight is 243 g/mol. The number of hydrogen-bond acceptors (Lipinski definition) is 4. The first-order valence-electron chi connectivity index (χ1n) is 5.89. The van der Waals surface area contributed by atoms with Crippen molar-refractivity contribution in [3.8, 4) is 11.8 Å². The van der Waals surface area contributed by atoms with Crippen molar-refractivity contribution < 1.29 is 14.3 Å². The van der Waals surface area contributed by atoms with Crippen LogP contribution in [-0.2, 0) is 11.2 Å². The fourth-order valence-corrected chi connectivity index (χ4v) is 2.08. The van der Waals surface area contributed by atoms with Crippen LogP contribution >= 0.6 is 0 Å². The summed E-state index contributed by atoms with van der Waals surface area (Å²) in [7, 11) is 0. The van der Waals surface area contributed by atoms with Crippen LogP contribution in [0.4, 0.5) is 0 Å². The van der Waals surface area contributed by atoms with E-state index in [9.17, 15) is 9.59 Å². The van der Waals surface area contributed by atoms with Crippen molar-refractivity contribution in [3.63, 3.8) is 0 Å². The average Bonchev–Trinajstić information content (AvgIpc) is 2.37. The second kappa shape index (κ2) is 5.46. The molecule has 0 heterocycles. The van der Waals surface area contributed by atoms with Gasteiger partial charge in [-0.1, -0.05) is 12.1 Å². The van der Waals surface area contributed by atoms with Crippen LogP contribution in [0.5, 0.6) is 5.75 Å². The minimum atomic E-state index is -0.253. The molecule has 0 N–H and O–H groups in total. The van der Waals surface area contributed by atoms with E-state index >= 15 is 0 Å². The summed E-state index contributed by atoms with van der Waals surface area (Å²) in [6.45, 7) is -0.113. The van der Waals surface area contributed by atoms with Crippen molar-refractivity contribution in [2.45, 2.75) is 25.7 Å². The van der Waals surface area contributed by atoms with Crippen LogP contribution in [0.25, 0.3) is 0 Å². The van der Waals surface area contributed by atoms with Gasteiger partial charge in [-0.05, 0) is 18.9 Å². The Hall–Kier alpha value is -2.15. The van der Waals surface area contributed by atoms with Gasteiger partial charge >= 0.3 is 0 Å². The lowest BCUT2D eigenvalue weighted by molar-refractivity contribution is -0.120. The van der Waals surface area contributed by atoms with Gasteiger partial charge < -0.3 is 4.74 Å². The lowest BCUT2D eigenvalue weighted by atomic mass is 9.90. The van der Waals surface area contributed by atoms with Gasteiger partial charge in [0.25, 0.3) is 0 Å². The van der Waals surface area contributed by atoms with Crippen LogP contribution in [0, 0.1) is 11.3 Å². The first kappa shape index (κ1) is 12.3. The maximum Gasteiger partial charge on any atom is 0.184 e. The molecule has 0 fully saturated rings. The highest BCUT2D eigenvalue weighted by Crippen LogP contribution is 2.29. The highest BCUT2D eigenvalue weighted by Gasteiger charge is 2.20. The van der Waals surface area contributed by atoms with Gasteiger partial charge in [0, 0.05) is 17.5 Å². The van der Waals surface area contributed by atoms with Crippen LogP contribution in [0.1, 0.15) is 35.2 Å². The van der Waals surface area contributed by atoms with Gasteiger partial charge in [0.2, 0.25) is 0 Å². The molecule has 0 saturated heterocycles. The van der Waals surface area contributed by atoms with Crippen LogP contribution in [0.15, 0.2) is 18.2 Å². The molecule has 1 aromatic rings. The molecule has 1 aliphatic rings. The normalized spacial score (nSPS) is 13.6. The number of hydrogen-bond donors (Lipinski definition) is 0. The van der Waals surface area contributed by atoms with Crippen LogP contribution in [-0.4, -0.2) is 18.2 Å². The Morgan fingerprint density at radius 3 is 3.00 bits per heavy atom. The van der Waals surface area contributed by atoms with E-state index in [1.807, 2.05) is 0 Å². The van der Waals surface area contributed by atoms with Crippen LogP contribution in [0.3, 0.4) is 0 Å². The molecule has 0 bridgehead atoms. The van der Waals surface area contributed by atoms with Crippen LogP contribution < -0.4 is 4.74 Å². The Balaban J connectivity index is 2.15. The van der Waals surface area contributed by atoms with Gasteiger partial charge in [-0.15, -0.1) is 0 Å². The topological polar surface area (TPSA) is 67.2 Å². The minimum absolute atomic E-state index is 0.113. The van der Waals surface area contributed by atoms with Gasteiger partial charge in [0.1, 0.15) is 12.4 Å². The van der Waals surface area contributed by atoms with Crippen molar-refractivity contribution in [3.05, 3.63) is 29.3 Å². The maximum atomic E-state index is 11.7. The molecule has 0 saturated carbocycles. The number of benzene rings is 1. The molecule has 92 valence electrons. The van der Waals surface area contributed by atoms with Gasteiger partial charge in [0.15, 0.2) is 11.6 Å². The predicted octanol–water partition coefficient (Wildman–Crippen LogP) is 2.07. The second-order valence-electron chi connectivity index (χ2n) is 4.22. The van der Waals surface area contributed by atoms with E-state index in [-0.39, 0.29) is 24.6 Å². The molecule has 0 aliphatic heterocycles. The molecule has 0 atom stereocenters. The summed E-state index contributed by atoms with van der Waals surface area (Å²) >= 11 is 0. The standard InChI is InChI=1S/C14H13NO3/c15-8-7-10(16)9-18-14-6-2-3-11-12(14)4-1-5-13(11)17/h2-3,6H,1,4-5,7,9H2. The largest absolute Gasteiger partial charge is 0.485 e. The highest BCUT2D eigenvalue weighted by molar-refractivity contribution is 5.99. The number of nitriles is 1. The first-order chi connectivity index (χ1) is 8.72. The Morgan fingerprint density at radius 1 is 1.39 bits per heavy atom. The molecule has 2 rings (SSSR count). The lowest BCUT2D eigenvalue weighted by Gasteiger charge is -2.18. The van der Waals surface area contributed by atoms with Crippen LogP contribution in [0.2, 0.25) is 0 Å². The van der Waals surface area contributed by atoms with E-state index in [0.29, 0.717) is 17.7 Å². The number of Topliss-reactive ketones (excluding diaryl/α,β-unsaturated/α-hetero) is 2. The van der Waals surface area contributed by atoms with Crippen molar-refractivity contribution in [2.75, 3.05) is 6.61 Å². The SMILES string of the molecule is N#CCC(=O)COc1cccc2c1CCCC2=O. The van der Waals surface area contributed by atoms with Gasteiger partial charge in [-0.3, -0.25) is 9.59 Å². The Labute approximate surface area is 105 Å². The number of ether oxygens (including phenoxy) is 1. The highest BCUT2D eigenvalue weighted by atomic mass is 16.5. The van der Waals surface area contributed by atoms with Gasteiger partial charge in [0.05, 0.1) is 12.5 Å². The third kappa shape index (κ3) is 2.57. The second-order valence-corrected chi connectivity index (χ2v) is 4.22. The quantitative estimate of drug-likeness (QED) is 0.811. The summed E-state index contributed by atoms with van der Waals surface area (Å²) in [5.41, 5.74) is 1.59. The summed E-state index contributed by atoms with van der Waals surface area (Å²) in [5.74, 6) is 0.467. The monoisotopic (exact) mass is 243 g/mol. The number of nitrogens with zero attached hydrogens (tertiary/aromatic N) is 1. The molecule has 0 aromatic heterocycles. The summed E-state index contributed by atoms with van der Waals surface area (Å²) in [5, 5.41) is 8.39. The molecular weight excluding hydrogens is 230 g/mol. The number of carbonyl (C=O) groups excluding carboxylic acids is 2. The van der Waals surface area contributed by atoms with Gasteiger partial charge in [-0.25, -0.2) is 0 Å². The smallest absolute Gasteiger partial charge is 0.184 e. The zero-order chi connectivity index (χ0) is 13.0. The molecule has 4 heteroatoms. The zero-order valence-electron chi connectivity index (χ0n) is 9.94. The minimum Gasteiger partial charge on any atom is -0.485 e. The summed E-state index contributed by atoms with van der Waals surface area (Å²) in [6, 6.07) is 7.10. The number of ketones is 2. The van der Waals surface area contributed by atoms with E-state index in [0.717, 1.165) is 18.4 Å². The Bertz CT molecular complexity index is 528. The van der Waals surface area contributed by atoms with E-state index in [1.165, 1.54) is 0 Å². The number of rotatable bonds is 4. The lowest BCUT2D eigenvalue weighted by Crippen LogP contribution is -2.15. The molecule has 0 spiro atoms. The molecule has 0 amide bonds. The zero-order valence-corrected chi connectivity index (χ0v) is 9.94. The molecule has 18 heavy (non-hydrogen) atoms. The van der Waals surface area contributed by atoms with Gasteiger partial charge in [-0.2, -0.15) is 5.26 Å². The van der Waals surface area contributed by atoms with E-state index < -0.39 is 0 Å². The molecule has 1 aromatic carbocycles. The van der Waals surface area contributed by atoms with Crippen molar-refractivity contribution in [2.24, 2.45) is 0 Å². The van der Waals surface area contributed by atoms with Crippen molar-refractivity contribution >= 4 is 11.6 Å². The number of carbonyl (C=O) groups is 2. The third-order valence-corrected chi connectivity index (χ3v) is 2.93. The summed E-state index contributed by atoms with van der Waals surface area (Å²) in [6.07, 6.45) is 2.04. The number of fused-ring (bicyclic) bond motifs is 1. The maximum absolute atomic E-state index is 11.7. The van der Waals surface area contributed by atoms with Crippen molar-refractivity contribution in [1.29, 1.82) is 5.26 Å². The molecular formula is C14H13NO3. The predicted molar refractivity (Wildman–Crippen MR) is 64.4 cm³/mol. The third-order valence-electron chi connectivity index (χ3n) is 2.93. The molecule has 4 nitrogen and oxygen atoms in total. The van der Waals surface area contributed by atoms with E-state index in [2.05, 4.69) is 0 Å². The van der Waals surface area contributed by atoms with Crippen molar-refractivity contribution in [1.82, 2.24) is 0 Å².